The molecule has 0 saturated heterocycles. The normalized spacial score (nSPS) is 15.1. The van der Waals surface area contributed by atoms with E-state index >= 15 is 0 Å². The van der Waals surface area contributed by atoms with Crippen LogP contribution in [-0.4, -0.2) is 9.55 Å². The summed E-state index contributed by atoms with van der Waals surface area (Å²) >= 11 is 0. The summed E-state index contributed by atoms with van der Waals surface area (Å²) < 4.78 is 2.31. The molecule has 0 atom stereocenters. The Kier molecular flexibility index (Phi) is 4.91. The molecule has 204 valence electrons. The zero-order valence-electron chi connectivity index (χ0n) is 24.3. The molecule has 0 aliphatic heterocycles. The van der Waals surface area contributed by atoms with E-state index in [1.165, 1.54) is 44.5 Å². The van der Waals surface area contributed by atoms with Crippen molar-refractivity contribution in [1.29, 1.82) is 0 Å². The maximum atomic E-state index is 5.26. The molecule has 0 bridgehead atoms. The fraction of sp³-hybridized carbons (Fsp3) is 0.0976. The first kappa shape index (κ1) is 24.4. The van der Waals surface area contributed by atoms with Crippen molar-refractivity contribution < 1.29 is 0 Å². The number of benzene rings is 6. The molecule has 7 aromatic rings. The number of hydrogen-bond donors (Lipinski definition) is 0. The first-order valence-electron chi connectivity index (χ1n) is 15.1. The molecule has 0 saturated carbocycles. The molecule has 0 fully saturated rings. The van der Waals surface area contributed by atoms with Gasteiger partial charge < -0.3 is 0 Å². The highest BCUT2D eigenvalue weighted by Crippen LogP contribution is 2.62. The van der Waals surface area contributed by atoms with Crippen molar-refractivity contribution in [3.05, 3.63) is 179 Å². The number of hydrogen-bond acceptors (Lipinski definition) is 1. The van der Waals surface area contributed by atoms with E-state index in [1.807, 2.05) is 0 Å². The van der Waals surface area contributed by atoms with Crippen molar-refractivity contribution in [3.8, 4) is 28.2 Å². The SMILES string of the molecule is CC1(C)c2ccccc2C2(c3ccccc3-c3ccccc32)c2cc(-c3nc4ccccc4n3-c3ccccc3)ccc21. The van der Waals surface area contributed by atoms with Crippen LogP contribution in [0.1, 0.15) is 47.2 Å². The number of aromatic nitrogens is 2. The Hall–Kier alpha value is -5.21. The minimum atomic E-state index is -0.422. The molecule has 2 nitrogen and oxygen atoms in total. The van der Waals surface area contributed by atoms with Gasteiger partial charge in [-0.1, -0.05) is 129 Å². The standard InChI is InChI=1S/C41H30N2/c1-40(2)33-20-10-11-21-35(33)41(31-18-8-6-16-29(31)30-17-7-9-19-32(30)41)36-26-27(24-25-34(36)40)39-42-37-22-12-13-23-38(37)43(39)28-14-4-3-5-15-28/h3-26H,1-2H3. The molecule has 0 N–H and O–H groups in total. The van der Waals surface area contributed by atoms with Crippen molar-refractivity contribution in [2.75, 3.05) is 0 Å². The lowest BCUT2D eigenvalue weighted by Gasteiger charge is -2.46. The highest BCUT2D eigenvalue weighted by molar-refractivity contribution is 5.89. The molecule has 2 heteroatoms. The van der Waals surface area contributed by atoms with Crippen molar-refractivity contribution >= 4 is 11.0 Å². The molecule has 1 aromatic heterocycles. The van der Waals surface area contributed by atoms with Crippen LogP contribution in [0.2, 0.25) is 0 Å². The fourth-order valence-electron chi connectivity index (χ4n) is 8.06. The fourth-order valence-corrected chi connectivity index (χ4v) is 8.06. The lowest BCUT2D eigenvalue weighted by molar-refractivity contribution is 0.563. The molecule has 2 aliphatic carbocycles. The van der Waals surface area contributed by atoms with Gasteiger partial charge in [0.1, 0.15) is 5.82 Å². The molecular weight excluding hydrogens is 520 g/mol. The van der Waals surface area contributed by atoms with Crippen molar-refractivity contribution in [2.45, 2.75) is 24.7 Å². The van der Waals surface area contributed by atoms with Crippen molar-refractivity contribution in [2.24, 2.45) is 0 Å². The molecule has 0 unspecified atom stereocenters. The maximum Gasteiger partial charge on any atom is 0.145 e. The van der Waals surface area contributed by atoms with Gasteiger partial charge in [-0.15, -0.1) is 0 Å². The molecule has 1 heterocycles. The summed E-state index contributed by atoms with van der Waals surface area (Å²) in [6.07, 6.45) is 0. The Labute approximate surface area is 251 Å². The maximum absolute atomic E-state index is 5.26. The Morgan fingerprint density at radius 1 is 0.488 bits per heavy atom. The van der Waals surface area contributed by atoms with Crippen LogP contribution in [0, 0.1) is 0 Å². The molecule has 0 amide bonds. The smallest absolute Gasteiger partial charge is 0.145 e. The van der Waals surface area contributed by atoms with Gasteiger partial charge in [-0.05, 0) is 74.8 Å². The highest BCUT2D eigenvalue weighted by atomic mass is 15.1. The van der Waals surface area contributed by atoms with Crippen molar-refractivity contribution in [1.82, 2.24) is 9.55 Å². The molecule has 43 heavy (non-hydrogen) atoms. The monoisotopic (exact) mass is 550 g/mol. The molecular formula is C41H30N2. The van der Waals surface area contributed by atoms with Crippen LogP contribution >= 0.6 is 0 Å². The van der Waals surface area contributed by atoms with E-state index in [9.17, 15) is 0 Å². The number of imidazole rings is 1. The summed E-state index contributed by atoms with van der Waals surface area (Å²) in [5.41, 5.74) is 14.6. The predicted molar refractivity (Wildman–Crippen MR) is 176 cm³/mol. The van der Waals surface area contributed by atoms with Crippen LogP contribution in [0.3, 0.4) is 0 Å². The number of fused-ring (bicyclic) bond motifs is 10. The zero-order valence-corrected chi connectivity index (χ0v) is 24.3. The lowest BCUT2D eigenvalue weighted by Crippen LogP contribution is -2.40. The van der Waals surface area contributed by atoms with Crippen LogP contribution < -0.4 is 0 Å². The molecule has 1 spiro atoms. The van der Waals surface area contributed by atoms with E-state index in [4.69, 9.17) is 4.98 Å². The Bertz CT molecular complexity index is 2170. The third-order valence-electron chi connectivity index (χ3n) is 9.89. The topological polar surface area (TPSA) is 17.8 Å². The third-order valence-corrected chi connectivity index (χ3v) is 9.89. The lowest BCUT2D eigenvalue weighted by atomic mass is 9.55. The van der Waals surface area contributed by atoms with E-state index in [1.54, 1.807) is 0 Å². The van der Waals surface area contributed by atoms with Gasteiger partial charge in [0.05, 0.1) is 16.4 Å². The average Bonchev–Trinajstić information content (AvgIpc) is 3.59. The largest absolute Gasteiger partial charge is 0.292 e. The van der Waals surface area contributed by atoms with Crippen LogP contribution in [0.25, 0.3) is 39.2 Å². The van der Waals surface area contributed by atoms with Crippen LogP contribution in [0.5, 0.6) is 0 Å². The minimum absolute atomic E-state index is 0.165. The van der Waals surface area contributed by atoms with E-state index in [0.29, 0.717) is 0 Å². The Balaban J connectivity index is 1.42. The quantitative estimate of drug-likeness (QED) is 0.209. The summed E-state index contributed by atoms with van der Waals surface area (Å²) in [6, 6.07) is 53.3. The second-order valence-corrected chi connectivity index (χ2v) is 12.4. The van der Waals surface area contributed by atoms with Gasteiger partial charge in [-0.25, -0.2) is 4.98 Å². The van der Waals surface area contributed by atoms with E-state index < -0.39 is 5.41 Å². The highest BCUT2D eigenvalue weighted by Gasteiger charge is 2.53. The summed E-state index contributed by atoms with van der Waals surface area (Å²) in [6.45, 7) is 4.76. The van der Waals surface area contributed by atoms with E-state index in [0.717, 1.165) is 28.1 Å². The number of para-hydroxylation sites is 3. The first-order chi connectivity index (χ1) is 21.1. The Morgan fingerprint density at radius 2 is 1.05 bits per heavy atom. The van der Waals surface area contributed by atoms with Crippen LogP contribution in [0.4, 0.5) is 0 Å². The summed E-state index contributed by atoms with van der Waals surface area (Å²) in [4.78, 5) is 5.26. The molecule has 6 aromatic carbocycles. The zero-order chi connectivity index (χ0) is 28.8. The summed E-state index contributed by atoms with van der Waals surface area (Å²) in [7, 11) is 0. The van der Waals surface area contributed by atoms with Gasteiger partial charge >= 0.3 is 0 Å². The van der Waals surface area contributed by atoms with Gasteiger partial charge in [0, 0.05) is 16.7 Å². The average molecular weight is 551 g/mol. The van der Waals surface area contributed by atoms with Crippen molar-refractivity contribution in [3.63, 3.8) is 0 Å². The molecule has 2 aliphatic rings. The van der Waals surface area contributed by atoms with Gasteiger partial charge in [-0.3, -0.25) is 4.57 Å². The molecule has 0 radical (unpaired) electrons. The van der Waals surface area contributed by atoms with Gasteiger partial charge in [0.2, 0.25) is 0 Å². The van der Waals surface area contributed by atoms with Crippen LogP contribution in [0.15, 0.2) is 146 Å². The van der Waals surface area contributed by atoms with Gasteiger partial charge in [0.15, 0.2) is 0 Å². The molecule has 9 rings (SSSR count). The van der Waals surface area contributed by atoms with Crippen LogP contribution in [-0.2, 0) is 10.8 Å². The minimum Gasteiger partial charge on any atom is -0.292 e. The number of nitrogens with zero attached hydrogens (tertiary/aromatic N) is 2. The van der Waals surface area contributed by atoms with Gasteiger partial charge in [0.25, 0.3) is 0 Å². The third kappa shape index (κ3) is 3.10. The first-order valence-corrected chi connectivity index (χ1v) is 15.1. The Morgan fingerprint density at radius 3 is 1.77 bits per heavy atom. The predicted octanol–water partition coefficient (Wildman–Crippen LogP) is 9.69. The van der Waals surface area contributed by atoms with E-state index in [2.05, 4.69) is 164 Å². The summed E-state index contributed by atoms with van der Waals surface area (Å²) in [5.74, 6) is 0.960. The van der Waals surface area contributed by atoms with Gasteiger partial charge in [-0.2, -0.15) is 0 Å². The number of rotatable bonds is 2. The van der Waals surface area contributed by atoms with E-state index in [-0.39, 0.29) is 5.41 Å². The second kappa shape index (κ2) is 8.65. The second-order valence-electron chi connectivity index (χ2n) is 12.4. The summed E-state index contributed by atoms with van der Waals surface area (Å²) in [5, 5.41) is 0.